The first kappa shape index (κ1) is 9.94. The molecule has 1 aromatic heterocycles. The first-order valence-corrected chi connectivity index (χ1v) is 6.27. The maximum absolute atomic E-state index is 12.0. The van der Waals surface area contributed by atoms with Crippen LogP contribution >= 0.6 is 0 Å². The number of hydrogen-bond donors (Lipinski definition) is 1. The lowest BCUT2D eigenvalue weighted by Crippen LogP contribution is -2.23. The lowest BCUT2D eigenvalue weighted by Gasteiger charge is -2.17. The van der Waals surface area contributed by atoms with E-state index in [1.54, 1.807) is 6.07 Å². The van der Waals surface area contributed by atoms with Crippen molar-refractivity contribution < 1.29 is 0 Å². The van der Waals surface area contributed by atoms with Crippen LogP contribution in [-0.4, -0.2) is 4.57 Å². The van der Waals surface area contributed by atoms with Gasteiger partial charge in [0.1, 0.15) is 0 Å². The van der Waals surface area contributed by atoms with Gasteiger partial charge in [-0.05, 0) is 37.7 Å². The molecule has 3 rings (SSSR count). The zero-order valence-corrected chi connectivity index (χ0v) is 9.48. The van der Waals surface area contributed by atoms with Crippen LogP contribution in [0.25, 0.3) is 0 Å². The fraction of sp³-hybridized carbons (Fsp3) is 0.615. The second kappa shape index (κ2) is 3.65. The number of anilines is 1. The summed E-state index contributed by atoms with van der Waals surface area (Å²) in [5.41, 5.74) is 7.73. The third kappa shape index (κ3) is 1.64. The molecule has 0 amide bonds. The predicted molar refractivity (Wildman–Crippen MR) is 64.6 cm³/mol. The van der Waals surface area contributed by atoms with Gasteiger partial charge in [-0.25, -0.2) is 0 Å². The fourth-order valence-corrected chi connectivity index (χ4v) is 2.88. The van der Waals surface area contributed by atoms with Crippen LogP contribution in [0.3, 0.4) is 0 Å². The van der Waals surface area contributed by atoms with Crippen molar-refractivity contribution in [2.45, 2.75) is 50.5 Å². The normalized spacial score (nSPS) is 21.5. The Labute approximate surface area is 95.3 Å². The molecule has 2 saturated carbocycles. The van der Waals surface area contributed by atoms with Crippen molar-refractivity contribution in [2.75, 3.05) is 5.73 Å². The molecule has 3 heteroatoms. The fourth-order valence-electron chi connectivity index (χ4n) is 2.88. The van der Waals surface area contributed by atoms with Crippen LogP contribution in [0.1, 0.15) is 56.2 Å². The molecule has 3 nitrogen and oxygen atoms in total. The second-order valence-corrected chi connectivity index (χ2v) is 5.13. The summed E-state index contributed by atoms with van der Waals surface area (Å²) >= 11 is 0. The zero-order chi connectivity index (χ0) is 11.1. The molecule has 0 spiro atoms. The maximum atomic E-state index is 12.0. The molecule has 0 saturated heterocycles. The molecule has 16 heavy (non-hydrogen) atoms. The molecule has 1 heterocycles. The van der Waals surface area contributed by atoms with Crippen LogP contribution in [0.4, 0.5) is 5.69 Å². The molecule has 0 aliphatic heterocycles. The van der Waals surface area contributed by atoms with Crippen molar-refractivity contribution in [1.82, 2.24) is 4.57 Å². The van der Waals surface area contributed by atoms with E-state index in [-0.39, 0.29) is 5.56 Å². The largest absolute Gasteiger partial charge is 0.399 e. The predicted octanol–water partition coefficient (Wildman–Crippen LogP) is 2.42. The molecule has 2 fully saturated rings. The van der Waals surface area contributed by atoms with Gasteiger partial charge in [-0.2, -0.15) is 0 Å². The van der Waals surface area contributed by atoms with E-state index >= 15 is 0 Å². The first-order valence-electron chi connectivity index (χ1n) is 6.27. The molecule has 2 N–H and O–H groups in total. The van der Waals surface area contributed by atoms with Crippen LogP contribution in [0.5, 0.6) is 0 Å². The molecule has 0 atom stereocenters. The summed E-state index contributed by atoms with van der Waals surface area (Å²) in [5, 5.41) is 0. The molecule has 2 aliphatic rings. The van der Waals surface area contributed by atoms with Gasteiger partial charge in [0, 0.05) is 23.5 Å². The Morgan fingerprint density at radius 3 is 2.44 bits per heavy atom. The Bertz CT molecular complexity index is 453. The van der Waals surface area contributed by atoms with Crippen LogP contribution in [0.15, 0.2) is 16.9 Å². The van der Waals surface area contributed by atoms with Crippen LogP contribution in [-0.2, 0) is 0 Å². The summed E-state index contributed by atoms with van der Waals surface area (Å²) in [4.78, 5) is 12.0. The van der Waals surface area contributed by atoms with Gasteiger partial charge in [-0.1, -0.05) is 12.8 Å². The smallest absolute Gasteiger partial charge is 0.253 e. The van der Waals surface area contributed by atoms with Crippen molar-refractivity contribution in [1.29, 1.82) is 0 Å². The lowest BCUT2D eigenvalue weighted by molar-refractivity contribution is 0.588. The molecule has 0 radical (unpaired) electrons. The Hall–Kier alpha value is -1.25. The molecule has 0 bridgehead atoms. The van der Waals surface area contributed by atoms with Crippen LogP contribution < -0.4 is 11.3 Å². The number of nitrogen functional groups attached to an aromatic ring is 1. The monoisotopic (exact) mass is 218 g/mol. The van der Waals surface area contributed by atoms with E-state index in [1.807, 2.05) is 10.6 Å². The minimum atomic E-state index is 0.101. The molecule has 0 aromatic carbocycles. The summed E-state index contributed by atoms with van der Waals surface area (Å²) in [6.45, 7) is 0. The Morgan fingerprint density at radius 2 is 1.81 bits per heavy atom. The van der Waals surface area contributed by atoms with Gasteiger partial charge >= 0.3 is 0 Å². The van der Waals surface area contributed by atoms with Crippen molar-refractivity contribution in [2.24, 2.45) is 0 Å². The van der Waals surface area contributed by atoms with Crippen LogP contribution in [0.2, 0.25) is 0 Å². The number of hydrogen-bond acceptors (Lipinski definition) is 2. The molecular formula is C13H18N2O. The zero-order valence-electron chi connectivity index (χ0n) is 9.48. The molecule has 0 unspecified atom stereocenters. The average Bonchev–Trinajstić information content (AvgIpc) is 2.92. The Morgan fingerprint density at radius 1 is 1.12 bits per heavy atom. The van der Waals surface area contributed by atoms with E-state index in [4.69, 9.17) is 5.73 Å². The quantitative estimate of drug-likeness (QED) is 0.828. The van der Waals surface area contributed by atoms with E-state index < -0.39 is 0 Å². The van der Waals surface area contributed by atoms with E-state index in [1.165, 1.54) is 31.4 Å². The third-order valence-corrected chi connectivity index (χ3v) is 3.81. The summed E-state index contributed by atoms with van der Waals surface area (Å²) < 4.78 is 2.01. The lowest BCUT2D eigenvalue weighted by atomic mass is 10.0. The highest BCUT2D eigenvalue weighted by Gasteiger charge is 2.30. The number of aromatic nitrogens is 1. The van der Waals surface area contributed by atoms with Crippen molar-refractivity contribution in [3.05, 3.63) is 28.2 Å². The summed E-state index contributed by atoms with van der Waals surface area (Å²) in [6.07, 6.45) is 7.33. The average molecular weight is 218 g/mol. The van der Waals surface area contributed by atoms with Crippen molar-refractivity contribution in [3.8, 4) is 0 Å². The Balaban J connectivity index is 2.09. The van der Waals surface area contributed by atoms with E-state index in [0.29, 0.717) is 17.6 Å². The van der Waals surface area contributed by atoms with Crippen molar-refractivity contribution in [3.63, 3.8) is 0 Å². The van der Waals surface area contributed by atoms with E-state index in [9.17, 15) is 4.79 Å². The topological polar surface area (TPSA) is 48.0 Å². The molecule has 1 aromatic rings. The number of nitrogens with zero attached hydrogens (tertiary/aromatic N) is 1. The van der Waals surface area contributed by atoms with E-state index in [0.717, 1.165) is 12.8 Å². The highest BCUT2D eigenvalue weighted by atomic mass is 16.1. The highest BCUT2D eigenvalue weighted by Crippen LogP contribution is 2.40. The summed E-state index contributed by atoms with van der Waals surface area (Å²) in [6, 6.07) is 4.05. The van der Waals surface area contributed by atoms with Gasteiger partial charge in [-0.3, -0.25) is 4.79 Å². The van der Waals surface area contributed by atoms with Gasteiger partial charge in [-0.15, -0.1) is 0 Å². The number of nitrogens with two attached hydrogens (primary N) is 1. The summed E-state index contributed by atoms with van der Waals surface area (Å²) in [5.74, 6) is 0.566. The molecule has 86 valence electrons. The Kier molecular flexibility index (Phi) is 2.27. The molecule has 2 aliphatic carbocycles. The van der Waals surface area contributed by atoms with Crippen LogP contribution in [0, 0.1) is 0 Å². The second-order valence-electron chi connectivity index (χ2n) is 5.13. The highest BCUT2D eigenvalue weighted by molar-refractivity contribution is 5.39. The first-order chi connectivity index (χ1) is 7.75. The number of pyridine rings is 1. The van der Waals surface area contributed by atoms with Gasteiger partial charge in [0.15, 0.2) is 0 Å². The van der Waals surface area contributed by atoms with E-state index in [2.05, 4.69) is 0 Å². The molecular weight excluding hydrogens is 200 g/mol. The minimum absolute atomic E-state index is 0.101. The summed E-state index contributed by atoms with van der Waals surface area (Å²) in [7, 11) is 0. The van der Waals surface area contributed by atoms with Gasteiger partial charge in [0.25, 0.3) is 5.56 Å². The van der Waals surface area contributed by atoms with Crippen molar-refractivity contribution >= 4 is 5.69 Å². The van der Waals surface area contributed by atoms with Gasteiger partial charge in [0.2, 0.25) is 0 Å². The van der Waals surface area contributed by atoms with Gasteiger partial charge in [0.05, 0.1) is 0 Å². The minimum Gasteiger partial charge on any atom is -0.399 e. The standard InChI is InChI=1S/C13H18N2O/c14-10-7-12(9-3-1-2-4-9)15(11-5-6-11)13(16)8-10/h7-9,11H,1-6,14H2. The SMILES string of the molecule is Nc1cc(C2CCCC2)n(C2CC2)c(=O)c1. The number of rotatable bonds is 2. The third-order valence-electron chi connectivity index (χ3n) is 3.81. The van der Waals surface area contributed by atoms with Gasteiger partial charge < -0.3 is 10.3 Å². The maximum Gasteiger partial charge on any atom is 0.253 e.